The molecule has 0 spiro atoms. The van der Waals surface area contributed by atoms with Gasteiger partial charge in [0.25, 0.3) is 11.1 Å². The average molecular weight is 503 g/mol. The Balaban J connectivity index is 1.88. The van der Waals surface area contributed by atoms with Crippen LogP contribution in [0.4, 0.5) is 4.79 Å². The fraction of sp³-hybridized carbons (Fsp3) is 0.158. The second-order valence-corrected chi connectivity index (χ2v) is 8.41. The van der Waals surface area contributed by atoms with E-state index < -0.39 is 0 Å². The number of rotatable bonds is 5. The van der Waals surface area contributed by atoms with Crippen LogP contribution in [0.1, 0.15) is 11.1 Å². The lowest BCUT2D eigenvalue weighted by Crippen LogP contribution is -2.27. The average Bonchev–Trinajstić information content (AvgIpc) is 2.93. The number of nitrogens with zero attached hydrogens (tertiary/aromatic N) is 1. The van der Waals surface area contributed by atoms with Gasteiger partial charge in [-0.2, -0.15) is 0 Å². The molecule has 2 aromatic carbocycles. The van der Waals surface area contributed by atoms with Gasteiger partial charge in [0.15, 0.2) is 11.5 Å². The fourth-order valence-electron chi connectivity index (χ4n) is 2.58. The Morgan fingerprint density at radius 1 is 1.07 bits per heavy atom. The highest BCUT2D eigenvalue weighted by atomic mass is 79.9. The molecular weight excluding hydrogens is 489 g/mol. The van der Waals surface area contributed by atoms with Gasteiger partial charge in [0.1, 0.15) is 0 Å². The van der Waals surface area contributed by atoms with Gasteiger partial charge in [0.2, 0.25) is 0 Å². The van der Waals surface area contributed by atoms with Crippen LogP contribution in [0.25, 0.3) is 6.08 Å². The minimum Gasteiger partial charge on any atom is -0.493 e. The summed E-state index contributed by atoms with van der Waals surface area (Å²) >= 11 is 16.3. The van der Waals surface area contributed by atoms with E-state index >= 15 is 0 Å². The molecule has 1 heterocycles. The Bertz CT molecular complexity index is 996. The van der Waals surface area contributed by atoms with Crippen LogP contribution in [-0.4, -0.2) is 30.3 Å². The molecule has 0 atom stereocenters. The van der Waals surface area contributed by atoms with E-state index in [1.165, 1.54) is 12.0 Å². The number of ether oxygens (including phenoxy) is 2. The van der Waals surface area contributed by atoms with Crippen molar-refractivity contribution in [3.63, 3.8) is 0 Å². The van der Waals surface area contributed by atoms with Gasteiger partial charge in [0, 0.05) is 4.47 Å². The predicted molar refractivity (Wildman–Crippen MR) is 115 cm³/mol. The number of methoxy groups -OCH3 is 2. The van der Waals surface area contributed by atoms with E-state index in [-0.39, 0.29) is 17.7 Å². The summed E-state index contributed by atoms with van der Waals surface area (Å²) in [5.74, 6) is 0.703. The van der Waals surface area contributed by atoms with Gasteiger partial charge < -0.3 is 9.47 Å². The fourth-order valence-corrected chi connectivity index (χ4v) is 4.17. The lowest BCUT2D eigenvalue weighted by Gasteiger charge is -2.13. The summed E-state index contributed by atoms with van der Waals surface area (Å²) in [5, 5.41) is 0.438. The summed E-state index contributed by atoms with van der Waals surface area (Å²) in [4.78, 5) is 26.6. The van der Waals surface area contributed by atoms with Crippen molar-refractivity contribution >= 4 is 68.1 Å². The minimum absolute atomic E-state index is 0.117. The molecule has 2 aromatic rings. The molecule has 0 aromatic heterocycles. The highest BCUT2D eigenvalue weighted by Crippen LogP contribution is 2.38. The van der Waals surface area contributed by atoms with Crippen molar-refractivity contribution in [2.24, 2.45) is 0 Å². The first kappa shape index (κ1) is 21.0. The number of thioether (sulfide) groups is 1. The van der Waals surface area contributed by atoms with Crippen molar-refractivity contribution in [2.75, 3.05) is 14.2 Å². The molecule has 1 fully saturated rings. The Kier molecular flexibility index (Phi) is 6.60. The first-order chi connectivity index (χ1) is 13.3. The van der Waals surface area contributed by atoms with Gasteiger partial charge in [0.05, 0.1) is 35.7 Å². The molecule has 3 rings (SSSR count). The van der Waals surface area contributed by atoms with E-state index in [1.54, 1.807) is 43.5 Å². The van der Waals surface area contributed by atoms with Crippen LogP contribution in [0.15, 0.2) is 39.7 Å². The molecule has 0 aliphatic carbocycles. The number of carbonyl (C=O) groups is 2. The van der Waals surface area contributed by atoms with Crippen LogP contribution in [0, 0.1) is 0 Å². The molecule has 1 aliphatic rings. The summed E-state index contributed by atoms with van der Waals surface area (Å²) in [6, 6.07) is 8.48. The van der Waals surface area contributed by atoms with Gasteiger partial charge in [-0.05, 0) is 53.2 Å². The van der Waals surface area contributed by atoms with Crippen LogP contribution in [0.3, 0.4) is 0 Å². The number of hydrogen-bond acceptors (Lipinski definition) is 5. The van der Waals surface area contributed by atoms with Crippen LogP contribution >= 0.6 is 50.9 Å². The predicted octanol–water partition coefficient (Wildman–Crippen LogP) is 6.01. The molecule has 0 saturated carbocycles. The van der Waals surface area contributed by atoms with Crippen LogP contribution < -0.4 is 9.47 Å². The number of amides is 2. The zero-order valence-corrected chi connectivity index (χ0v) is 18.7. The molecule has 0 N–H and O–H groups in total. The van der Waals surface area contributed by atoms with Crippen LogP contribution in [-0.2, 0) is 11.3 Å². The quantitative estimate of drug-likeness (QED) is 0.468. The van der Waals surface area contributed by atoms with Gasteiger partial charge in [-0.15, -0.1) is 0 Å². The smallest absolute Gasteiger partial charge is 0.293 e. The first-order valence-corrected chi connectivity index (χ1v) is 10.3. The van der Waals surface area contributed by atoms with Gasteiger partial charge in [-0.1, -0.05) is 45.2 Å². The number of carbonyl (C=O) groups excluding carboxylic acids is 2. The highest BCUT2D eigenvalue weighted by molar-refractivity contribution is 9.10. The summed E-state index contributed by atoms with van der Waals surface area (Å²) in [7, 11) is 3.07. The van der Waals surface area contributed by atoms with Gasteiger partial charge in [-0.25, -0.2) is 0 Å². The van der Waals surface area contributed by atoms with Crippen LogP contribution in [0.5, 0.6) is 11.5 Å². The molecular formula is C19H14BrCl2NO4S. The van der Waals surface area contributed by atoms with Crippen molar-refractivity contribution in [1.29, 1.82) is 0 Å². The maximum atomic E-state index is 12.8. The molecule has 146 valence electrons. The second kappa shape index (κ2) is 8.78. The first-order valence-electron chi connectivity index (χ1n) is 7.95. The maximum Gasteiger partial charge on any atom is 0.293 e. The largest absolute Gasteiger partial charge is 0.493 e. The molecule has 9 heteroatoms. The summed E-state index contributed by atoms with van der Waals surface area (Å²) < 4.78 is 11.3. The maximum absolute atomic E-state index is 12.8. The lowest BCUT2D eigenvalue weighted by atomic mass is 10.1. The van der Waals surface area contributed by atoms with Crippen molar-refractivity contribution in [1.82, 2.24) is 4.90 Å². The zero-order valence-electron chi connectivity index (χ0n) is 14.8. The second-order valence-electron chi connectivity index (χ2n) is 5.75. The molecule has 0 unspecified atom stereocenters. The van der Waals surface area contributed by atoms with E-state index in [1.807, 2.05) is 0 Å². The number of benzene rings is 2. The Morgan fingerprint density at radius 2 is 1.75 bits per heavy atom. The minimum atomic E-state index is -0.372. The van der Waals surface area contributed by atoms with Crippen LogP contribution in [0.2, 0.25) is 10.0 Å². The number of hydrogen-bond donors (Lipinski definition) is 0. The Labute approximate surface area is 184 Å². The zero-order chi connectivity index (χ0) is 20.4. The molecule has 28 heavy (non-hydrogen) atoms. The van der Waals surface area contributed by atoms with Gasteiger partial charge in [-0.3, -0.25) is 14.5 Å². The van der Waals surface area contributed by atoms with E-state index in [0.29, 0.717) is 42.0 Å². The third-order valence-corrected chi connectivity index (χ3v) is 6.32. The molecule has 2 amide bonds. The van der Waals surface area contributed by atoms with Crippen molar-refractivity contribution in [3.8, 4) is 11.5 Å². The van der Waals surface area contributed by atoms with E-state index in [4.69, 9.17) is 32.7 Å². The Morgan fingerprint density at radius 3 is 2.39 bits per heavy atom. The molecule has 0 radical (unpaired) electrons. The normalized spacial score (nSPS) is 15.5. The monoisotopic (exact) mass is 501 g/mol. The third-order valence-electron chi connectivity index (χ3n) is 3.99. The highest BCUT2D eigenvalue weighted by Gasteiger charge is 2.35. The van der Waals surface area contributed by atoms with Gasteiger partial charge >= 0.3 is 0 Å². The summed E-state index contributed by atoms with van der Waals surface area (Å²) in [5.41, 5.74) is 1.41. The number of imide groups is 1. The standard InChI is InChI=1S/C19H14BrCl2NO4S/c1-26-15-6-11(12(20)8-16(15)27-2)7-17-18(24)23(19(25)28-17)9-10-3-4-13(21)14(22)5-10/h3-8H,9H2,1-2H3/b17-7-. The molecule has 0 bridgehead atoms. The molecule has 5 nitrogen and oxygen atoms in total. The van der Waals surface area contributed by atoms with E-state index in [0.717, 1.165) is 11.8 Å². The molecule has 1 saturated heterocycles. The summed E-state index contributed by atoms with van der Waals surface area (Å²) in [6.45, 7) is 0.117. The lowest BCUT2D eigenvalue weighted by molar-refractivity contribution is -0.123. The SMILES string of the molecule is COc1cc(Br)c(/C=C2\SC(=O)N(Cc3ccc(Cl)c(Cl)c3)C2=O)cc1OC. The van der Waals surface area contributed by atoms with Crippen molar-refractivity contribution < 1.29 is 19.1 Å². The molecule has 1 aliphatic heterocycles. The van der Waals surface area contributed by atoms with Crippen molar-refractivity contribution in [2.45, 2.75) is 6.54 Å². The van der Waals surface area contributed by atoms with E-state index in [9.17, 15) is 9.59 Å². The third kappa shape index (κ3) is 4.33. The number of halogens is 3. The van der Waals surface area contributed by atoms with Crippen molar-refractivity contribution in [3.05, 3.63) is 60.9 Å². The topological polar surface area (TPSA) is 55.8 Å². The Hall–Kier alpha value is -1.67. The van der Waals surface area contributed by atoms with E-state index in [2.05, 4.69) is 15.9 Å². The summed E-state index contributed by atoms with van der Waals surface area (Å²) in [6.07, 6.45) is 1.64.